The zero-order valence-corrected chi connectivity index (χ0v) is 21.7. The van der Waals surface area contributed by atoms with Crippen LogP contribution in [-0.2, 0) is 4.74 Å². The monoisotopic (exact) mass is 758 g/mol. The first-order valence-corrected chi connectivity index (χ1v) is 13.2. The first-order valence-electron chi connectivity index (χ1n) is 8.17. The first kappa shape index (κ1) is 21.1. The van der Waals surface area contributed by atoms with Crippen molar-refractivity contribution < 1.29 is 9.84 Å². The van der Waals surface area contributed by atoms with Gasteiger partial charge in [-0.05, 0) is 43.9 Å². The third-order valence-electron chi connectivity index (χ3n) is 4.70. The quantitative estimate of drug-likeness (QED) is 0.301. The molecule has 0 saturated heterocycles. The molecule has 0 bridgehead atoms. The van der Waals surface area contributed by atoms with E-state index in [4.69, 9.17) is 4.74 Å². The molecule has 0 aromatic carbocycles. The summed E-state index contributed by atoms with van der Waals surface area (Å²) < 4.78 is 8.48. The topological polar surface area (TPSA) is 29.5 Å². The van der Waals surface area contributed by atoms with Crippen LogP contribution in [0.2, 0.25) is 0 Å². The second-order valence-corrected chi connectivity index (χ2v) is 13.6. The average Bonchev–Trinajstić information content (AvgIpc) is 2.39. The van der Waals surface area contributed by atoms with Crippen molar-refractivity contribution in [3.63, 3.8) is 0 Å². The fourth-order valence-corrected chi connectivity index (χ4v) is 10.2. The summed E-state index contributed by atoms with van der Waals surface area (Å²) >= 11 is 10.0. The van der Waals surface area contributed by atoms with Gasteiger partial charge in [0.15, 0.2) is 0 Å². The van der Waals surface area contributed by atoms with Gasteiger partial charge < -0.3 is 9.84 Å². The van der Waals surface area contributed by atoms with Crippen molar-refractivity contribution in [3.05, 3.63) is 0 Å². The number of hydrogen-bond acceptors (Lipinski definition) is 2. The number of halogens is 4. The van der Waals surface area contributed by atoms with E-state index in [1.807, 2.05) is 0 Å². The number of hydrogen-bond donors (Lipinski definition) is 1. The molecule has 2 saturated carbocycles. The van der Waals surface area contributed by atoms with E-state index in [1.165, 1.54) is 19.3 Å². The van der Waals surface area contributed by atoms with Crippen molar-refractivity contribution in [2.75, 3.05) is 0 Å². The second-order valence-electron chi connectivity index (χ2n) is 7.22. The van der Waals surface area contributed by atoms with Gasteiger partial charge in [-0.2, -0.15) is 0 Å². The van der Waals surface area contributed by atoms with Crippen LogP contribution in [0.4, 0.5) is 0 Å². The van der Waals surface area contributed by atoms with E-state index in [0.717, 1.165) is 24.7 Å². The number of alkyl halides is 4. The fraction of sp³-hybridized carbons (Fsp3) is 1.00. The zero-order valence-electron chi connectivity index (χ0n) is 13.1. The van der Waals surface area contributed by atoms with Crippen molar-refractivity contribution in [1.82, 2.24) is 0 Å². The molecule has 2 aliphatic rings. The number of aliphatic hydroxyl groups is 1. The van der Waals surface area contributed by atoms with Gasteiger partial charge in [-0.3, -0.25) is 0 Å². The van der Waals surface area contributed by atoms with Gasteiger partial charge in [-0.1, -0.05) is 104 Å². The highest BCUT2D eigenvalue weighted by Gasteiger charge is 2.40. The summed E-state index contributed by atoms with van der Waals surface area (Å²) in [5.74, 6) is 1.67. The van der Waals surface area contributed by atoms with Crippen molar-refractivity contribution in [1.29, 1.82) is 0 Å². The van der Waals surface area contributed by atoms with E-state index in [-0.39, 0.29) is 6.10 Å². The Balaban J connectivity index is 1.90. The Kier molecular flexibility index (Phi) is 9.31. The summed E-state index contributed by atoms with van der Waals surface area (Å²) in [5.41, 5.74) is 0. The molecule has 0 amide bonds. The minimum absolute atomic E-state index is 0.173. The molecule has 0 aromatic rings. The van der Waals surface area contributed by atoms with E-state index >= 15 is 0 Å². The lowest BCUT2D eigenvalue weighted by Gasteiger charge is -2.42. The van der Waals surface area contributed by atoms with Gasteiger partial charge in [0.1, 0.15) is 0 Å². The van der Waals surface area contributed by atoms with Crippen LogP contribution in [0.5, 0.6) is 0 Å². The molecule has 0 aromatic heterocycles. The van der Waals surface area contributed by atoms with E-state index in [1.54, 1.807) is 0 Å². The Morgan fingerprint density at radius 1 is 0.909 bits per heavy atom. The van der Waals surface area contributed by atoms with Gasteiger partial charge in [-0.15, -0.1) is 0 Å². The molecule has 4 unspecified atom stereocenters. The van der Waals surface area contributed by atoms with Gasteiger partial charge in [0.2, 0.25) is 0 Å². The van der Waals surface area contributed by atoms with Crippen molar-refractivity contribution in [2.24, 2.45) is 11.8 Å². The SMILES string of the molecule is CC(C)CC1CC(I)C(OC2CC(I)C(O)C(I)C2)C(I)C1. The van der Waals surface area contributed by atoms with Crippen LogP contribution >= 0.6 is 90.4 Å². The molecule has 2 nitrogen and oxygen atoms in total. The molecule has 2 fully saturated rings. The number of ether oxygens (including phenoxy) is 1. The van der Waals surface area contributed by atoms with Gasteiger partial charge in [0.25, 0.3) is 0 Å². The van der Waals surface area contributed by atoms with Crippen LogP contribution in [0.15, 0.2) is 0 Å². The molecule has 6 heteroatoms. The van der Waals surface area contributed by atoms with Gasteiger partial charge in [-0.25, -0.2) is 0 Å². The molecule has 0 heterocycles. The zero-order chi connectivity index (χ0) is 16.4. The lowest BCUT2D eigenvalue weighted by Crippen LogP contribution is -2.47. The minimum Gasteiger partial charge on any atom is -0.391 e. The summed E-state index contributed by atoms with van der Waals surface area (Å²) in [6.07, 6.45) is 6.50. The summed E-state index contributed by atoms with van der Waals surface area (Å²) in [5, 5.41) is 10.1. The first-order chi connectivity index (χ1) is 10.3. The van der Waals surface area contributed by atoms with Gasteiger partial charge >= 0.3 is 0 Å². The molecule has 2 aliphatic carbocycles. The van der Waals surface area contributed by atoms with E-state index in [2.05, 4.69) is 104 Å². The Bertz CT molecular complexity index is 331. The summed E-state index contributed by atoms with van der Waals surface area (Å²) in [7, 11) is 0. The standard InChI is InChI=1S/C16H26I4O2/c1-8(2)3-9-4-13(19)16(14(20)5-9)22-10-6-11(17)15(21)12(18)7-10/h8-16,21H,3-7H2,1-2H3. The molecule has 4 atom stereocenters. The van der Waals surface area contributed by atoms with Crippen LogP contribution in [0.1, 0.15) is 46.0 Å². The largest absolute Gasteiger partial charge is 0.391 e. The predicted octanol–water partition coefficient (Wildman–Crippen LogP) is 5.57. The highest BCUT2D eigenvalue weighted by atomic mass is 127. The Labute approximate surface area is 189 Å². The maximum absolute atomic E-state index is 10.1. The third-order valence-corrected chi connectivity index (χ3v) is 9.63. The van der Waals surface area contributed by atoms with Crippen molar-refractivity contribution in [2.45, 2.75) is 80.0 Å². The molecule has 1 N–H and O–H groups in total. The third kappa shape index (κ3) is 5.94. The highest BCUT2D eigenvalue weighted by molar-refractivity contribution is 14.1. The number of aliphatic hydroxyl groups excluding tert-OH is 1. The van der Waals surface area contributed by atoms with Crippen LogP contribution in [0.25, 0.3) is 0 Å². The lowest BCUT2D eigenvalue weighted by atomic mass is 9.82. The smallest absolute Gasteiger partial charge is 0.0813 e. The van der Waals surface area contributed by atoms with Crippen molar-refractivity contribution >= 4 is 90.4 Å². The molecule has 130 valence electrons. The predicted molar refractivity (Wildman–Crippen MR) is 127 cm³/mol. The Morgan fingerprint density at radius 2 is 1.41 bits per heavy atom. The van der Waals surface area contributed by atoms with Crippen LogP contribution < -0.4 is 0 Å². The molecule has 0 spiro atoms. The summed E-state index contributed by atoms with van der Waals surface area (Å²) in [4.78, 5) is 0. The van der Waals surface area contributed by atoms with E-state index < -0.39 is 0 Å². The van der Waals surface area contributed by atoms with Gasteiger partial charge in [0, 0.05) is 15.7 Å². The van der Waals surface area contributed by atoms with Crippen LogP contribution in [0.3, 0.4) is 0 Å². The second kappa shape index (κ2) is 9.68. The Hall–Kier alpha value is 2.84. The lowest BCUT2D eigenvalue weighted by molar-refractivity contribution is -0.0488. The fourth-order valence-electron chi connectivity index (χ4n) is 3.69. The molecular weight excluding hydrogens is 732 g/mol. The molecule has 0 aliphatic heterocycles. The van der Waals surface area contributed by atoms with Crippen LogP contribution in [0, 0.1) is 11.8 Å². The normalized spacial score (nSPS) is 46.9. The number of rotatable bonds is 4. The van der Waals surface area contributed by atoms with E-state index in [0.29, 0.717) is 27.9 Å². The van der Waals surface area contributed by atoms with E-state index in [9.17, 15) is 5.11 Å². The maximum atomic E-state index is 10.1. The summed E-state index contributed by atoms with van der Waals surface area (Å²) in [6, 6.07) is 0. The Morgan fingerprint density at radius 3 is 1.86 bits per heavy atom. The maximum Gasteiger partial charge on any atom is 0.0813 e. The molecule has 22 heavy (non-hydrogen) atoms. The van der Waals surface area contributed by atoms with Gasteiger partial charge in [0.05, 0.1) is 18.3 Å². The molecule has 0 radical (unpaired) electrons. The highest BCUT2D eigenvalue weighted by Crippen LogP contribution is 2.41. The summed E-state index contributed by atoms with van der Waals surface area (Å²) in [6.45, 7) is 4.67. The molecule has 2 rings (SSSR count). The average molecular weight is 758 g/mol. The minimum atomic E-state index is -0.173. The molecular formula is C16H26I4O2. The van der Waals surface area contributed by atoms with Crippen molar-refractivity contribution in [3.8, 4) is 0 Å². The van der Waals surface area contributed by atoms with Crippen LogP contribution in [-0.4, -0.2) is 39.1 Å².